The summed E-state index contributed by atoms with van der Waals surface area (Å²) >= 11 is 0. The summed E-state index contributed by atoms with van der Waals surface area (Å²) in [5, 5.41) is 21.4. The van der Waals surface area contributed by atoms with Gasteiger partial charge in [-0.1, -0.05) is 182 Å². The summed E-state index contributed by atoms with van der Waals surface area (Å²) in [4.78, 5) is 21.5. The van der Waals surface area contributed by atoms with Crippen molar-refractivity contribution in [2.45, 2.75) is 42.9 Å². The molecule has 8 heterocycles. The van der Waals surface area contributed by atoms with Gasteiger partial charge in [-0.3, -0.25) is 4.90 Å². The van der Waals surface area contributed by atoms with Gasteiger partial charge in [0.05, 0.1) is 16.9 Å². The topological polar surface area (TPSA) is 65.2 Å². The number of allylic oxidation sites excluding steroid dienone is 1. The Kier molecular flexibility index (Phi) is 6.10. The zero-order valence-corrected chi connectivity index (χ0v) is 39.2. The van der Waals surface area contributed by atoms with Crippen molar-refractivity contribution < 1.29 is 4.58 Å². The van der Waals surface area contributed by atoms with E-state index < -0.39 is 5.91 Å². The minimum Gasteiger partial charge on any atom is -0.328 e. The summed E-state index contributed by atoms with van der Waals surface area (Å²) in [6.45, 7) is 0. The average molecular weight is 932 g/mol. The Balaban J connectivity index is 1.09. The minimum atomic E-state index is -1.08. The molecule has 1 saturated heterocycles. The largest absolute Gasteiger partial charge is 0.368 e. The molecule has 0 bridgehead atoms. The lowest BCUT2D eigenvalue weighted by Crippen LogP contribution is -2.75. The van der Waals surface area contributed by atoms with Crippen LogP contribution in [0.25, 0.3) is 92.6 Å². The molecule has 6 aliphatic heterocycles. The quantitative estimate of drug-likeness (QED) is 0.122. The van der Waals surface area contributed by atoms with Crippen molar-refractivity contribution in [3.8, 4) is 11.1 Å². The average Bonchev–Trinajstić information content (AvgIpc) is 4.21. The minimum absolute atomic E-state index is 0.0397. The van der Waals surface area contributed by atoms with E-state index in [9.17, 15) is 0 Å². The molecule has 0 radical (unpaired) electrons. The monoisotopic (exact) mass is 931 g/mol. The van der Waals surface area contributed by atoms with Crippen LogP contribution in [0.5, 0.6) is 0 Å². The smallest absolute Gasteiger partial charge is 0.328 e. The lowest BCUT2D eigenvalue weighted by molar-refractivity contribution is -0.706. The van der Waals surface area contributed by atoms with Gasteiger partial charge in [0.2, 0.25) is 6.17 Å². The molecular formula is C65H39N8+. The first-order valence-electron chi connectivity index (χ1n) is 25.9. The molecule has 8 heteroatoms. The summed E-state index contributed by atoms with van der Waals surface area (Å²) in [5.74, 6) is 2.89. The fraction of sp³-hybridized carbons (Fsp3) is 0.108. The summed E-state index contributed by atoms with van der Waals surface area (Å²) in [5.41, 5.74) is 12.3. The lowest BCUT2D eigenvalue weighted by atomic mass is 9.72. The Morgan fingerprint density at radius 2 is 1.10 bits per heavy atom. The molecule has 1 fully saturated rings. The lowest BCUT2D eigenvalue weighted by Gasteiger charge is -2.52. The van der Waals surface area contributed by atoms with E-state index in [1.807, 2.05) is 0 Å². The third kappa shape index (κ3) is 3.82. The van der Waals surface area contributed by atoms with Crippen molar-refractivity contribution >= 4 is 105 Å². The van der Waals surface area contributed by atoms with Gasteiger partial charge < -0.3 is 5.32 Å². The van der Waals surface area contributed by atoms with Crippen LogP contribution in [0, 0.1) is 0 Å². The van der Waals surface area contributed by atoms with Crippen LogP contribution in [0.3, 0.4) is 0 Å². The number of fused-ring (bicyclic) bond motifs is 32. The number of hydrogen-bond donors (Lipinski definition) is 1. The molecule has 338 valence electrons. The van der Waals surface area contributed by atoms with E-state index in [1.54, 1.807) is 0 Å². The number of hydrogen-bond acceptors (Lipinski definition) is 5. The number of aryl methyl sites for hydroxylation is 1. The van der Waals surface area contributed by atoms with E-state index in [4.69, 9.17) is 15.0 Å². The van der Waals surface area contributed by atoms with Gasteiger partial charge in [0.15, 0.2) is 5.82 Å². The van der Waals surface area contributed by atoms with Gasteiger partial charge in [-0.2, -0.15) is 4.58 Å². The van der Waals surface area contributed by atoms with E-state index >= 15 is 0 Å². The van der Waals surface area contributed by atoms with Crippen LogP contribution in [0.15, 0.2) is 191 Å². The van der Waals surface area contributed by atoms with Crippen LogP contribution in [0.4, 0.5) is 11.6 Å². The predicted molar refractivity (Wildman–Crippen MR) is 292 cm³/mol. The van der Waals surface area contributed by atoms with E-state index in [2.05, 4.69) is 206 Å². The highest BCUT2D eigenvalue weighted by Gasteiger charge is 2.73. The first-order valence-corrected chi connectivity index (χ1v) is 25.9. The third-order valence-electron chi connectivity index (χ3n) is 18.5. The van der Waals surface area contributed by atoms with Gasteiger partial charge in [0.1, 0.15) is 23.3 Å². The molecule has 8 aliphatic rings. The number of amidine groups is 2. The highest BCUT2D eigenvalue weighted by atomic mass is 15.7. The second-order valence-electron chi connectivity index (χ2n) is 21.4. The molecule has 5 unspecified atom stereocenters. The zero-order valence-electron chi connectivity index (χ0n) is 39.2. The van der Waals surface area contributed by atoms with Crippen molar-refractivity contribution in [2.75, 3.05) is 5.32 Å². The molecule has 73 heavy (non-hydrogen) atoms. The molecule has 1 N–H and O–H groups in total. The van der Waals surface area contributed by atoms with Crippen LogP contribution >= 0.6 is 0 Å². The molecule has 12 aromatic rings. The highest BCUT2D eigenvalue weighted by Crippen LogP contribution is 2.64. The molecule has 2 aromatic heterocycles. The second kappa shape index (κ2) is 12.1. The van der Waals surface area contributed by atoms with Crippen molar-refractivity contribution in [3.05, 3.63) is 220 Å². The molecule has 5 atom stereocenters. The Morgan fingerprint density at radius 1 is 0.534 bits per heavy atom. The van der Waals surface area contributed by atoms with E-state index in [0.29, 0.717) is 0 Å². The SMILES string of the molecule is C1=Cc2c3c(c4ccccc4c2CC1)C1Nc2c4c5ccccc5c5ccccc5c4c4n2C25N6C(=N4)C4c7ccccc7-c7ccccc7C4C6N=c4c6c7ccccc7c7ccccc7c6c(n42)=NC3=[N+]15. The molecule has 8 nitrogen and oxygen atoms in total. The molecule has 10 aromatic carbocycles. The van der Waals surface area contributed by atoms with Gasteiger partial charge in [-0.25, -0.2) is 19.1 Å². The van der Waals surface area contributed by atoms with E-state index in [0.717, 1.165) is 57.9 Å². The highest BCUT2D eigenvalue weighted by molar-refractivity contribution is 6.32. The van der Waals surface area contributed by atoms with Crippen molar-refractivity contribution in [1.82, 2.24) is 14.0 Å². The van der Waals surface area contributed by atoms with E-state index in [-0.39, 0.29) is 24.2 Å². The number of aromatic nitrogens is 2. The maximum atomic E-state index is 6.30. The second-order valence-corrected chi connectivity index (χ2v) is 21.4. The Hall–Kier alpha value is -9.14. The summed E-state index contributed by atoms with van der Waals surface area (Å²) in [7, 11) is 0. The molecule has 20 rings (SSSR count). The maximum absolute atomic E-state index is 6.30. The fourth-order valence-corrected chi connectivity index (χ4v) is 16.0. The van der Waals surface area contributed by atoms with Crippen LogP contribution < -0.4 is 16.3 Å². The third-order valence-corrected chi connectivity index (χ3v) is 18.5. The van der Waals surface area contributed by atoms with Gasteiger partial charge in [0, 0.05) is 27.6 Å². The number of aliphatic imine (C=N–C) groups is 1. The standard InChI is InChI=1S/C65H39N8/c1-9-25-41-33(17-1)34-18-2-10-26-42(34)50-49(41)57-66-59-51-43-27-11-3-19-35(43)36-20-4-12-28-44(36)52(51)61-68-63-55-47-31-15-7-23-39(47)40-24-8-16-32-48(40)56(55)64-69-62-54-46-30-14-6-22-38(46)37-21-5-13-29-45(37)53(54)60-67-58(50)70(57)65(71(59)61,72(60)62)73(63)64/h1-7,9-23,25-32,49-50,58,63,68H,8,24H2/q+1. The number of rotatable bonds is 0. The van der Waals surface area contributed by atoms with Crippen LogP contribution in [0.2, 0.25) is 0 Å². The number of anilines is 1. The van der Waals surface area contributed by atoms with Gasteiger partial charge >= 0.3 is 11.7 Å². The maximum Gasteiger partial charge on any atom is 0.368 e. The first-order chi connectivity index (χ1) is 36.3. The van der Waals surface area contributed by atoms with Crippen molar-refractivity contribution in [1.29, 1.82) is 0 Å². The van der Waals surface area contributed by atoms with Crippen molar-refractivity contribution in [3.63, 3.8) is 0 Å². The predicted octanol–water partition coefficient (Wildman–Crippen LogP) is 12.8. The van der Waals surface area contributed by atoms with Gasteiger partial charge in [-0.05, 0) is 105 Å². The zero-order chi connectivity index (χ0) is 46.7. The molecule has 0 saturated carbocycles. The fourth-order valence-electron chi connectivity index (χ4n) is 16.0. The number of benzene rings is 10. The summed E-state index contributed by atoms with van der Waals surface area (Å²) in [6.07, 6.45) is 6.13. The normalized spacial score (nSPS) is 22.5. The van der Waals surface area contributed by atoms with Crippen LogP contribution in [0.1, 0.15) is 57.8 Å². The van der Waals surface area contributed by atoms with Crippen molar-refractivity contribution in [2.24, 2.45) is 15.0 Å². The van der Waals surface area contributed by atoms with Crippen LogP contribution in [-0.4, -0.2) is 36.4 Å². The molecule has 1 spiro atoms. The van der Waals surface area contributed by atoms with Gasteiger partial charge in [0.25, 0.3) is 5.49 Å². The number of nitrogens with zero attached hydrogens (tertiary/aromatic N) is 7. The van der Waals surface area contributed by atoms with Gasteiger partial charge in [-0.15, -0.1) is 0 Å². The molecular weight excluding hydrogens is 893 g/mol. The van der Waals surface area contributed by atoms with Crippen LogP contribution in [-0.2, 0) is 12.3 Å². The Morgan fingerprint density at radius 3 is 1.79 bits per heavy atom. The first kappa shape index (κ1) is 36.8. The Bertz CT molecular complexity index is 5010. The van der Waals surface area contributed by atoms with E-state index in [1.165, 1.54) is 109 Å². The number of nitrogens with one attached hydrogen (secondary N) is 1. The Labute approximate surface area is 416 Å². The molecule has 0 amide bonds. The molecule has 2 aliphatic carbocycles. The summed E-state index contributed by atoms with van der Waals surface area (Å²) in [6, 6.07) is 63.6. The summed E-state index contributed by atoms with van der Waals surface area (Å²) < 4.78 is 7.94.